The van der Waals surface area contributed by atoms with Crippen molar-refractivity contribution in [3.63, 3.8) is 0 Å². The van der Waals surface area contributed by atoms with Crippen molar-refractivity contribution in [2.45, 2.75) is 26.7 Å². The first-order chi connectivity index (χ1) is 17.4. The van der Waals surface area contributed by atoms with Crippen LogP contribution in [0.4, 0.5) is 0 Å². The predicted molar refractivity (Wildman–Crippen MR) is 153 cm³/mol. The van der Waals surface area contributed by atoms with E-state index in [1.54, 1.807) is 0 Å². The van der Waals surface area contributed by atoms with Gasteiger partial charge in [0.05, 0.1) is 24.1 Å². The lowest BCUT2D eigenvalue weighted by Gasteiger charge is -2.34. The summed E-state index contributed by atoms with van der Waals surface area (Å²) in [7, 11) is 0.387. The van der Waals surface area contributed by atoms with E-state index in [1.807, 2.05) is 30.8 Å². The topological polar surface area (TPSA) is 117 Å². The number of aromatic amines is 1. The minimum Gasteiger partial charge on any atom is -0.493 e. The Kier molecular flexibility index (Phi) is 9.75. The first kappa shape index (κ1) is 29.1. The van der Waals surface area contributed by atoms with E-state index in [0.29, 0.717) is 23.3 Å². The van der Waals surface area contributed by atoms with Gasteiger partial charge in [-0.25, -0.2) is 4.98 Å². The van der Waals surface area contributed by atoms with Crippen LogP contribution < -0.4 is 4.74 Å². The summed E-state index contributed by atoms with van der Waals surface area (Å²) in [5.74, 6) is 1.44. The number of nitrogens with one attached hydrogen (secondary N) is 1. The zero-order chi connectivity index (χ0) is 27.3. The van der Waals surface area contributed by atoms with Crippen LogP contribution in [0.15, 0.2) is 18.2 Å². The monoisotopic (exact) mass is 566 g/mol. The number of nitrogens with zero attached hydrogens (tertiary/aromatic N) is 5. The quantitative estimate of drug-likeness (QED) is 0.339. The van der Waals surface area contributed by atoms with Gasteiger partial charge in [-0.15, -0.1) is 0 Å². The largest absolute Gasteiger partial charge is 0.493 e. The smallest absolute Gasteiger partial charge is 0.261 e. The molecule has 0 radical (unpaired) electrons. The molecule has 4 rings (SSSR count). The average Bonchev–Trinajstić information content (AvgIpc) is 3.14. The van der Waals surface area contributed by atoms with Crippen molar-refractivity contribution in [2.75, 3.05) is 46.1 Å². The first-order valence-electron chi connectivity index (χ1n) is 12.1. The van der Waals surface area contributed by atoms with Gasteiger partial charge in [-0.3, -0.25) is 9.23 Å². The van der Waals surface area contributed by atoms with Crippen molar-refractivity contribution < 1.29 is 17.7 Å². The molecule has 3 aromatic rings. The van der Waals surface area contributed by atoms with Gasteiger partial charge in [0.1, 0.15) is 32.2 Å². The zero-order valence-corrected chi connectivity index (χ0v) is 24.3. The highest BCUT2D eigenvalue weighted by molar-refractivity contribution is 7.85. The highest BCUT2D eigenvalue weighted by atomic mass is 32.2. The highest BCUT2D eigenvalue weighted by Crippen LogP contribution is 2.31. The molecule has 0 spiro atoms. The summed E-state index contributed by atoms with van der Waals surface area (Å²) in [4.78, 5) is 13.7. The molecule has 10 nitrogen and oxygen atoms in total. The molecule has 1 fully saturated rings. The third-order valence-corrected chi connectivity index (χ3v) is 6.61. The number of rotatable bonds is 6. The predicted octanol–water partition coefficient (Wildman–Crippen LogP) is 3.47. The summed E-state index contributed by atoms with van der Waals surface area (Å²) in [6.07, 6.45) is 2.56. The zero-order valence-electron chi connectivity index (χ0n) is 21.8. The van der Waals surface area contributed by atoms with E-state index >= 15 is 0 Å². The van der Waals surface area contributed by atoms with Crippen LogP contribution in [-0.2, 0) is 23.6 Å². The molecular weight excluding hydrogens is 533 g/mol. The average molecular weight is 567 g/mol. The Hall–Kier alpha value is -2.45. The number of hydrogen-bond donors (Lipinski definition) is 2. The van der Waals surface area contributed by atoms with Crippen molar-refractivity contribution in [1.29, 1.82) is 0 Å². The lowest BCUT2D eigenvalue weighted by atomic mass is 10.1. The lowest BCUT2D eigenvalue weighted by molar-refractivity contribution is 0.218. The normalized spacial score (nSPS) is 14.4. The molecule has 1 aliphatic heterocycles. The molecule has 37 heavy (non-hydrogen) atoms. The maximum absolute atomic E-state index is 9.19. The van der Waals surface area contributed by atoms with Crippen LogP contribution in [0.2, 0.25) is 0 Å². The maximum atomic E-state index is 9.19. The first-order valence-corrected chi connectivity index (χ1v) is 14.7. The van der Waals surface area contributed by atoms with Crippen molar-refractivity contribution in [2.24, 2.45) is 7.05 Å². The van der Waals surface area contributed by atoms with Gasteiger partial charge in [-0.2, -0.15) is 13.5 Å². The highest BCUT2D eigenvalue weighted by Gasteiger charge is 2.20. The maximum Gasteiger partial charge on any atom is 0.261 e. The van der Waals surface area contributed by atoms with Gasteiger partial charge in [-0.1, -0.05) is 37.8 Å². The molecule has 202 valence electrons. The number of piperazine rings is 1. The fraction of sp³-hybridized carbons (Fsp3) is 0.500. The summed E-state index contributed by atoms with van der Waals surface area (Å²) in [5, 5.41) is 4.65. The molecule has 1 aromatic carbocycles. The summed E-state index contributed by atoms with van der Waals surface area (Å²) in [6.45, 7) is 8.56. The van der Waals surface area contributed by atoms with Gasteiger partial charge in [-0.05, 0) is 38.6 Å². The number of fused-ring (bicyclic) bond motifs is 1. The molecule has 2 N–H and O–H groups in total. The van der Waals surface area contributed by atoms with Gasteiger partial charge >= 0.3 is 0 Å². The molecule has 3 heterocycles. The van der Waals surface area contributed by atoms with E-state index in [-0.39, 0.29) is 0 Å². The Balaban J connectivity index is 0.000000695. The molecule has 1 saturated heterocycles. The molecule has 0 bridgehead atoms. The van der Waals surface area contributed by atoms with Crippen LogP contribution in [-0.4, -0.2) is 93.6 Å². The molecule has 0 amide bonds. The minimum atomic E-state index is -3.67. The molecular formula is C24H34N6O4S3. The standard InChI is InChI=1S/C23H30N6OS2.CH4O3S/c1-5-7-17-19-20(28(4)26-17)22(31)25-21(24-19)16-14-15(8-9-18(16)30-6-2)23(32)29-12-10-27(3)11-13-29;1-5(2,3)4/h8-9,14H,5-7,10-13H2,1-4H3,(H,24,25,31);1H3,(H,2,3,4). The van der Waals surface area contributed by atoms with E-state index in [2.05, 4.69) is 39.9 Å². The van der Waals surface area contributed by atoms with Crippen LogP contribution in [0.25, 0.3) is 22.4 Å². The van der Waals surface area contributed by atoms with E-state index in [4.69, 9.17) is 38.7 Å². The van der Waals surface area contributed by atoms with Crippen molar-refractivity contribution in [1.82, 2.24) is 29.5 Å². The number of thiocarbonyl (C=S) groups is 1. The van der Waals surface area contributed by atoms with Gasteiger partial charge < -0.3 is 19.5 Å². The van der Waals surface area contributed by atoms with Gasteiger partial charge in [0.25, 0.3) is 10.1 Å². The Bertz CT molecular complexity index is 1420. The summed E-state index contributed by atoms with van der Waals surface area (Å²) >= 11 is 11.6. The van der Waals surface area contributed by atoms with Crippen LogP contribution in [0, 0.1) is 4.64 Å². The Morgan fingerprint density at radius 3 is 2.43 bits per heavy atom. The SMILES string of the molecule is CCCc1nn(C)c2c(=S)[nH]c(-c3cc(C(=S)N4CCN(C)CC4)ccc3OCC)nc12.CS(=O)(=O)O. The van der Waals surface area contributed by atoms with Crippen molar-refractivity contribution in [3.8, 4) is 17.1 Å². The Morgan fingerprint density at radius 1 is 1.19 bits per heavy atom. The Morgan fingerprint density at radius 2 is 1.84 bits per heavy atom. The van der Waals surface area contributed by atoms with Crippen molar-refractivity contribution in [3.05, 3.63) is 34.1 Å². The molecule has 13 heteroatoms. The fourth-order valence-electron chi connectivity index (χ4n) is 4.10. The number of aromatic nitrogens is 4. The van der Waals surface area contributed by atoms with Crippen molar-refractivity contribution >= 4 is 50.6 Å². The second-order valence-corrected chi connectivity index (χ2v) is 11.2. The second-order valence-electron chi connectivity index (χ2n) is 8.90. The van der Waals surface area contributed by atoms with Crippen LogP contribution in [0.1, 0.15) is 31.5 Å². The van der Waals surface area contributed by atoms with Gasteiger partial charge in [0.15, 0.2) is 0 Å². The summed E-state index contributed by atoms with van der Waals surface area (Å²) in [5.41, 5.74) is 4.52. The molecule has 0 saturated carbocycles. The van der Waals surface area contributed by atoms with Crippen LogP contribution in [0.5, 0.6) is 5.75 Å². The number of H-pyrrole nitrogens is 1. The summed E-state index contributed by atoms with van der Waals surface area (Å²) in [6, 6.07) is 6.09. The third kappa shape index (κ3) is 7.54. The number of ether oxygens (including phenoxy) is 1. The molecule has 0 atom stereocenters. The molecule has 1 aliphatic rings. The number of benzene rings is 1. The summed E-state index contributed by atoms with van der Waals surface area (Å²) < 4.78 is 34.3. The van der Waals surface area contributed by atoms with E-state index in [9.17, 15) is 8.42 Å². The van der Waals surface area contributed by atoms with Gasteiger partial charge in [0.2, 0.25) is 0 Å². The second kappa shape index (κ2) is 12.4. The minimum absolute atomic E-state index is 0.562. The molecule has 0 unspecified atom stereocenters. The number of aryl methyl sites for hydroxylation is 2. The number of hydrogen-bond acceptors (Lipinski definition) is 8. The lowest BCUT2D eigenvalue weighted by Crippen LogP contribution is -2.46. The molecule has 0 aliphatic carbocycles. The molecule has 2 aromatic heterocycles. The third-order valence-electron chi connectivity index (χ3n) is 5.82. The van der Waals surface area contributed by atoms with Gasteiger partial charge in [0, 0.05) is 38.8 Å². The number of likely N-dealkylation sites (N-methyl/N-ethyl adjacent to an activating group) is 1. The fourth-order valence-corrected chi connectivity index (χ4v) is 4.74. The van der Waals surface area contributed by atoms with E-state index in [0.717, 1.165) is 77.6 Å². The Labute approximate surface area is 228 Å². The van der Waals surface area contributed by atoms with E-state index in [1.165, 1.54) is 0 Å². The van der Waals surface area contributed by atoms with Crippen LogP contribution >= 0.6 is 24.4 Å². The van der Waals surface area contributed by atoms with E-state index < -0.39 is 10.1 Å². The van der Waals surface area contributed by atoms with Crippen LogP contribution in [0.3, 0.4) is 0 Å².